The van der Waals surface area contributed by atoms with Gasteiger partial charge in [-0.3, -0.25) is 4.79 Å². The molecule has 1 unspecified atom stereocenters. The third-order valence-electron chi connectivity index (χ3n) is 3.23. The van der Waals surface area contributed by atoms with Crippen LogP contribution in [0.2, 0.25) is 0 Å². The van der Waals surface area contributed by atoms with E-state index < -0.39 is 0 Å². The number of hydrogen-bond acceptors (Lipinski definition) is 3. The average Bonchev–Trinajstić information content (AvgIpc) is 2.78. The highest BCUT2D eigenvalue weighted by molar-refractivity contribution is 5.82. The molecule has 1 spiro atoms. The Kier molecular flexibility index (Phi) is 2.06. The molecule has 0 aromatic heterocycles. The molecule has 2 fully saturated rings. The van der Waals surface area contributed by atoms with Gasteiger partial charge in [-0.2, -0.15) is 0 Å². The van der Waals surface area contributed by atoms with E-state index in [4.69, 9.17) is 4.74 Å². The van der Waals surface area contributed by atoms with E-state index in [9.17, 15) is 4.79 Å². The Bertz CT molecular complexity index is 223. The molecule has 1 aliphatic carbocycles. The highest BCUT2D eigenvalue weighted by Gasteiger charge is 2.57. The Morgan fingerprint density at radius 2 is 2.31 bits per heavy atom. The van der Waals surface area contributed by atoms with Gasteiger partial charge in [-0.1, -0.05) is 6.92 Å². The van der Waals surface area contributed by atoms with E-state index in [1.54, 1.807) is 0 Å². The molecule has 0 N–H and O–H groups in total. The zero-order chi connectivity index (χ0) is 9.47. The summed E-state index contributed by atoms with van der Waals surface area (Å²) in [5, 5.41) is 0. The summed E-state index contributed by atoms with van der Waals surface area (Å²) in [6.07, 6.45) is 3.21. The van der Waals surface area contributed by atoms with Crippen LogP contribution in [0.5, 0.6) is 0 Å². The lowest BCUT2D eigenvalue weighted by Gasteiger charge is -2.17. The average molecular weight is 183 g/mol. The number of rotatable bonds is 3. The molecule has 1 saturated carbocycles. The summed E-state index contributed by atoms with van der Waals surface area (Å²) < 4.78 is 5.33. The summed E-state index contributed by atoms with van der Waals surface area (Å²) >= 11 is 0. The molecule has 3 nitrogen and oxygen atoms in total. The SMILES string of the molecule is CCN(C)CC1CC2(CC2)C(=O)O1. The molecule has 0 radical (unpaired) electrons. The van der Waals surface area contributed by atoms with Crippen molar-refractivity contribution in [3.8, 4) is 0 Å². The third kappa shape index (κ3) is 1.57. The molecule has 0 aromatic carbocycles. The van der Waals surface area contributed by atoms with E-state index >= 15 is 0 Å². The number of cyclic esters (lactones) is 1. The fraction of sp³-hybridized carbons (Fsp3) is 0.900. The molecule has 1 saturated heterocycles. The molecule has 13 heavy (non-hydrogen) atoms. The van der Waals surface area contributed by atoms with Crippen LogP contribution in [0.15, 0.2) is 0 Å². The molecular formula is C10H17NO2. The second-order valence-electron chi connectivity index (χ2n) is 4.37. The van der Waals surface area contributed by atoms with E-state index in [0.717, 1.165) is 32.4 Å². The Labute approximate surface area is 79.0 Å². The quantitative estimate of drug-likeness (QED) is 0.612. The zero-order valence-corrected chi connectivity index (χ0v) is 8.38. The smallest absolute Gasteiger partial charge is 0.312 e. The summed E-state index contributed by atoms with van der Waals surface area (Å²) in [4.78, 5) is 13.6. The lowest BCUT2D eigenvalue weighted by molar-refractivity contribution is -0.145. The topological polar surface area (TPSA) is 29.5 Å². The summed E-state index contributed by atoms with van der Waals surface area (Å²) in [7, 11) is 2.06. The summed E-state index contributed by atoms with van der Waals surface area (Å²) in [6.45, 7) is 4.02. The number of esters is 1. The van der Waals surface area contributed by atoms with Crippen LogP contribution < -0.4 is 0 Å². The van der Waals surface area contributed by atoms with E-state index in [1.165, 1.54) is 0 Å². The molecule has 1 atom stereocenters. The van der Waals surface area contributed by atoms with Gasteiger partial charge in [0.05, 0.1) is 5.41 Å². The van der Waals surface area contributed by atoms with Crippen LogP contribution in [0.1, 0.15) is 26.2 Å². The van der Waals surface area contributed by atoms with Crippen molar-refractivity contribution in [2.45, 2.75) is 32.3 Å². The van der Waals surface area contributed by atoms with Gasteiger partial charge in [-0.25, -0.2) is 0 Å². The molecule has 0 bridgehead atoms. The fourth-order valence-corrected chi connectivity index (χ4v) is 1.97. The molecule has 2 rings (SSSR count). The van der Waals surface area contributed by atoms with Gasteiger partial charge in [0.2, 0.25) is 0 Å². The minimum absolute atomic E-state index is 0.0285. The third-order valence-corrected chi connectivity index (χ3v) is 3.23. The standard InChI is InChI=1S/C10H17NO2/c1-3-11(2)7-8-6-10(4-5-10)9(12)13-8/h8H,3-7H2,1-2H3. The maximum atomic E-state index is 11.4. The molecular weight excluding hydrogens is 166 g/mol. The first-order chi connectivity index (χ1) is 6.16. The highest BCUT2D eigenvalue weighted by atomic mass is 16.6. The Hall–Kier alpha value is -0.570. The number of likely N-dealkylation sites (N-methyl/N-ethyl adjacent to an activating group) is 1. The van der Waals surface area contributed by atoms with E-state index in [2.05, 4.69) is 18.9 Å². The van der Waals surface area contributed by atoms with Crippen molar-refractivity contribution in [2.75, 3.05) is 20.1 Å². The van der Waals surface area contributed by atoms with E-state index in [0.29, 0.717) is 0 Å². The van der Waals surface area contributed by atoms with Gasteiger partial charge < -0.3 is 9.64 Å². The van der Waals surface area contributed by atoms with Gasteiger partial charge in [0.25, 0.3) is 0 Å². The second-order valence-corrected chi connectivity index (χ2v) is 4.37. The first-order valence-corrected chi connectivity index (χ1v) is 5.06. The monoisotopic (exact) mass is 183 g/mol. The molecule has 0 aromatic rings. The number of nitrogens with zero attached hydrogens (tertiary/aromatic N) is 1. The zero-order valence-electron chi connectivity index (χ0n) is 8.38. The molecule has 74 valence electrons. The van der Waals surface area contributed by atoms with Crippen LogP contribution in [0.4, 0.5) is 0 Å². The van der Waals surface area contributed by atoms with Crippen LogP contribution >= 0.6 is 0 Å². The van der Waals surface area contributed by atoms with E-state index in [-0.39, 0.29) is 17.5 Å². The number of carbonyl (C=O) groups excluding carboxylic acids is 1. The normalized spacial score (nSPS) is 29.8. The van der Waals surface area contributed by atoms with Crippen LogP contribution in [-0.4, -0.2) is 37.1 Å². The molecule has 0 amide bonds. The van der Waals surface area contributed by atoms with Crippen LogP contribution in [0, 0.1) is 5.41 Å². The van der Waals surface area contributed by atoms with Gasteiger partial charge >= 0.3 is 5.97 Å². The second kappa shape index (κ2) is 2.98. The number of ether oxygens (including phenoxy) is 1. The van der Waals surface area contributed by atoms with Gasteiger partial charge in [0.15, 0.2) is 0 Å². The summed E-state index contributed by atoms with van der Waals surface area (Å²) in [5.74, 6) is 0.0574. The van der Waals surface area contributed by atoms with Crippen molar-refractivity contribution in [3.05, 3.63) is 0 Å². The minimum atomic E-state index is -0.0285. The van der Waals surface area contributed by atoms with Gasteiger partial charge in [-0.15, -0.1) is 0 Å². The molecule has 3 heteroatoms. The van der Waals surface area contributed by atoms with Crippen molar-refractivity contribution in [1.82, 2.24) is 4.90 Å². The molecule has 1 aliphatic heterocycles. The van der Waals surface area contributed by atoms with Crippen LogP contribution in [0.3, 0.4) is 0 Å². The van der Waals surface area contributed by atoms with Crippen molar-refractivity contribution in [2.24, 2.45) is 5.41 Å². The lowest BCUT2D eigenvalue weighted by atomic mass is 10.0. The van der Waals surface area contributed by atoms with Gasteiger partial charge in [0, 0.05) is 13.0 Å². The van der Waals surface area contributed by atoms with E-state index in [1.807, 2.05) is 0 Å². The fourth-order valence-electron chi connectivity index (χ4n) is 1.97. The molecule has 1 heterocycles. The lowest BCUT2D eigenvalue weighted by Crippen LogP contribution is -2.28. The first kappa shape index (κ1) is 9.00. The largest absolute Gasteiger partial charge is 0.461 e. The molecule has 2 aliphatic rings. The Morgan fingerprint density at radius 1 is 1.62 bits per heavy atom. The first-order valence-electron chi connectivity index (χ1n) is 5.06. The Balaban J connectivity index is 1.87. The number of carbonyl (C=O) groups is 1. The summed E-state index contributed by atoms with van der Waals surface area (Å²) in [5.41, 5.74) is -0.0285. The minimum Gasteiger partial charge on any atom is -0.461 e. The van der Waals surface area contributed by atoms with Gasteiger partial charge in [-0.05, 0) is 26.4 Å². The maximum absolute atomic E-state index is 11.4. The predicted octanol–water partition coefficient (Wildman–Crippen LogP) is 1.03. The predicted molar refractivity (Wildman–Crippen MR) is 49.3 cm³/mol. The Morgan fingerprint density at radius 3 is 2.77 bits per heavy atom. The van der Waals surface area contributed by atoms with Crippen LogP contribution in [-0.2, 0) is 9.53 Å². The van der Waals surface area contributed by atoms with Gasteiger partial charge in [0.1, 0.15) is 6.10 Å². The van der Waals surface area contributed by atoms with Crippen molar-refractivity contribution in [1.29, 1.82) is 0 Å². The number of hydrogen-bond donors (Lipinski definition) is 0. The van der Waals surface area contributed by atoms with Crippen molar-refractivity contribution >= 4 is 5.97 Å². The summed E-state index contributed by atoms with van der Waals surface area (Å²) in [6, 6.07) is 0. The van der Waals surface area contributed by atoms with Crippen molar-refractivity contribution in [3.63, 3.8) is 0 Å². The maximum Gasteiger partial charge on any atom is 0.312 e. The van der Waals surface area contributed by atoms with Crippen LogP contribution in [0.25, 0.3) is 0 Å². The highest BCUT2D eigenvalue weighted by Crippen LogP contribution is 2.54. The van der Waals surface area contributed by atoms with Crippen molar-refractivity contribution < 1.29 is 9.53 Å².